The van der Waals surface area contributed by atoms with Crippen LogP contribution >= 0.6 is 0 Å². The first kappa shape index (κ1) is 20.8. The Labute approximate surface area is 168 Å². The summed E-state index contributed by atoms with van der Waals surface area (Å²) in [6.07, 6.45) is 8.00. The van der Waals surface area contributed by atoms with Crippen LogP contribution in [-0.4, -0.2) is 36.5 Å². The predicted octanol–water partition coefficient (Wildman–Crippen LogP) is 5.20. The maximum absolute atomic E-state index is 11.5. The molecule has 0 saturated carbocycles. The van der Waals surface area contributed by atoms with Gasteiger partial charge in [0, 0.05) is 12.5 Å². The molecule has 0 radical (unpaired) electrons. The van der Waals surface area contributed by atoms with Crippen LogP contribution in [0.5, 0.6) is 0 Å². The van der Waals surface area contributed by atoms with Crippen LogP contribution in [0.25, 0.3) is 5.57 Å². The molecule has 0 saturated heterocycles. The summed E-state index contributed by atoms with van der Waals surface area (Å²) in [6.45, 7) is 7.32. The highest BCUT2D eigenvalue weighted by atomic mass is 16.5. The smallest absolute Gasteiger partial charge is 0.308 e. The molecule has 4 heteroatoms. The highest BCUT2D eigenvalue weighted by Crippen LogP contribution is 2.46. The Balaban J connectivity index is 1.49. The first-order valence-electron chi connectivity index (χ1n) is 10.3. The second kappa shape index (κ2) is 9.06. The largest absolute Gasteiger partial charge is 0.481 e. The van der Waals surface area contributed by atoms with Gasteiger partial charge in [-0.05, 0) is 63.2 Å². The van der Waals surface area contributed by atoms with E-state index in [4.69, 9.17) is 9.47 Å². The number of fused-ring (bicyclic) bond motifs is 2. The number of hydrogen-bond donors (Lipinski definition) is 1. The first-order chi connectivity index (χ1) is 13.4. The average Bonchev–Trinajstić information content (AvgIpc) is 2.97. The number of benzene rings is 1. The van der Waals surface area contributed by atoms with Crippen LogP contribution in [-0.2, 0) is 14.3 Å². The molecule has 0 spiro atoms. The van der Waals surface area contributed by atoms with Crippen molar-refractivity contribution in [3.8, 4) is 0 Å². The SMILES string of the molecule is CC(C)(C)OC[C@H](CCCOCC1C2=C(C=CCC2)c2ccccc21)C(=O)O. The van der Waals surface area contributed by atoms with Gasteiger partial charge in [0.1, 0.15) is 0 Å². The van der Waals surface area contributed by atoms with Gasteiger partial charge in [0.15, 0.2) is 0 Å². The van der Waals surface area contributed by atoms with E-state index in [1.54, 1.807) is 0 Å². The van der Waals surface area contributed by atoms with E-state index in [1.807, 2.05) is 20.8 Å². The lowest BCUT2D eigenvalue weighted by molar-refractivity contribution is -0.146. The minimum absolute atomic E-state index is 0.247. The van der Waals surface area contributed by atoms with Crippen molar-refractivity contribution in [1.82, 2.24) is 0 Å². The molecule has 3 rings (SSSR count). The van der Waals surface area contributed by atoms with Crippen LogP contribution in [0.1, 0.15) is 63.5 Å². The van der Waals surface area contributed by atoms with E-state index in [9.17, 15) is 9.90 Å². The molecule has 2 aliphatic carbocycles. The summed E-state index contributed by atoms with van der Waals surface area (Å²) >= 11 is 0. The molecule has 0 heterocycles. The highest BCUT2D eigenvalue weighted by Gasteiger charge is 2.30. The van der Waals surface area contributed by atoms with E-state index < -0.39 is 11.9 Å². The van der Waals surface area contributed by atoms with Gasteiger partial charge in [0.2, 0.25) is 0 Å². The molecule has 152 valence electrons. The van der Waals surface area contributed by atoms with Crippen LogP contribution in [0.2, 0.25) is 0 Å². The Bertz CT molecular complexity index is 754. The lowest BCUT2D eigenvalue weighted by atomic mass is 9.91. The zero-order valence-electron chi connectivity index (χ0n) is 17.2. The second-order valence-electron chi connectivity index (χ2n) is 8.70. The summed E-state index contributed by atoms with van der Waals surface area (Å²) in [5.41, 5.74) is 5.25. The standard InChI is InChI=1S/C24H32O4/c1-24(2,3)28-15-17(23(25)26)9-8-14-27-16-22-20-12-6-4-10-18(20)19-11-5-7-13-21(19)22/h4-6,10-12,17,22H,7-9,13-16H2,1-3H3,(H,25,26)/t17-,22?/m0/s1. The zero-order chi connectivity index (χ0) is 20.1. The molecule has 0 fully saturated rings. The van der Waals surface area contributed by atoms with Gasteiger partial charge in [0.25, 0.3) is 0 Å². The summed E-state index contributed by atoms with van der Waals surface area (Å²) in [4.78, 5) is 11.5. The Hall–Kier alpha value is -1.91. The van der Waals surface area contributed by atoms with Gasteiger partial charge in [0.05, 0.1) is 24.7 Å². The van der Waals surface area contributed by atoms with E-state index in [2.05, 4.69) is 36.4 Å². The van der Waals surface area contributed by atoms with E-state index in [0.717, 1.165) is 19.3 Å². The Morgan fingerprint density at radius 1 is 1.29 bits per heavy atom. The third-order valence-electron chi connectivity index (χ3n) is 5.45. The minimum Gasteiger partial charge on any atom is -0.481 e. The van der Waals surface area contributed by atoms with Crippen molar-refractivity contribution in [3.05, 3.63) is 53.1 Å². The number of carboxylic acid groups (broad SMARTS) is 1. The Morgan fingerprint density at radius 2 is 2.07 bits per heavy atom. The Morgan fingerprint density at radius 3 is 2.82 bits per heavy atom. The van der Waals surface area contributed by atoms with Gasteiger partial charge in [-0.2, -0.15) is 0 Å². The average molecular weight is 385 g/mol. The van der Waals surface area contributed by atoms with Gasteiger partial charge in [-0.3, -0.25) is 4.79 Å². The maximum atomic E-state index is 11.5. The number of rotatable bonds is 9. The van der Waals surface area contributed by atoms with Crippen LogP contribution in [0.4, 0.5) is 0 Å². The Kier molecular flexibility index (Phi) is 6.73. The zero-order valence-corrected chi connectivity index (χ0v) is 17.2. The number of hydrogen-bond acceptors (Lipinski definition) is 3. The predicted molar refractivity (Wildman–Crippen MR) is 111 cm³/mol. The summed E-state index contributed by atoms with van der Waals surface area (Å²) in [7, 11) is 0. The molecule has 28 heavy (non-hydrogen) atoms. The van der Waals surface area contributed by atoms with Crippen molar-refractivity contribution in [3.63, 3.8) is 0 Å². The van der Waals surface area contributed by atoms with E-state index in [0.29, 0.717) is 25.6 Å². The van der Waals surface area contributed by atoms with Gasteiger partial charge in [-0.1, -0.05) is 42.0 Å². The summed E-state index contributed by atoms with van der Waals surface area (Å²) in [6, 6.07) is 8.61. The maximum Gasteiger partial charge on any atom is 0.308 e. The van der Waals surface area contributed by atoms with Crippen LogP contribution < -0.4 is 0 Å². The third-order valence-corrected chi connectivity index (χ3v) is 5.45. The monoisotopic (exact) mass is 384 g/mol. The van der Waals surface area contributed by atoms with Crippen molar-refractivity contribution in [2.24, 2.45) is 5.92 Å². The molecule has 1 aromatic carbocycles. The topological polar surface area (TPSA) is 55.8 Å². The number of carbonyl (C=O) groups is 1. The van der Waals surface area contributed by atoms with Crippen molar-refractivity contribution in [2.45, 2.75) is 58.0 Å². The van der Waals surface area contributed by atoms with E-state index in [-0.39, 0.29) is 12.2 Å². The molecule has 0 bridgehead atoms. The third kappa shape index (κ3) is 5.12. The summed E-state index contributed by atoms with van der Waals surface area (Å²) < 4.78 is 11.7. The molecule has 0 aromatic heterocycles. The van der Waals surface area contributed by atoms with Crippen LogP contribution in [0.15, 0.2) is 42.0 Å². The number of allylic oxidation sites excluding steroid dienone is 3. The number of aliphatic carboxylic acids is 1. The molecule has 1 aromatic rings. The van der Waals surface area contributed by atoms with Crippen molar-refractivity contribution in [1.29, 1.82) is 0 Å². The van der Waals surface area contributed by atoms with Gasteiger partial charge < -0.3 is 14.6 Å². The molecular formula is C24H32O4. The number of carboxylic acids is 1. The van der Waals surface area contributed by atoms with Gasteiger partial charge >= 0.3 is 5.97 Å². The molecular weight excluding hydrogens is 352 g/mol. The molecule has 1 N–H and O–H groups in total. The lowest BCUT2D eigenvalue weighted by Gasteiger charge is -2.22. The molecule has 0 aliphatic heterocycles. The molecule has 2 atom stereocenters. The first-order valence-corrected chi connectivity index (χ1v) is 10.3. The van der Waals surface area contributed by atoms with Crippen molar-refractivity contribution in [2.75, 3.05) is 19.8 Å². The summed E-state index contributed by atoms with van der Waals surface area (Å²) in [5, 5.41) is 9.40. The minimum atomic E-state index is -0.794. The fraction of sp³-hybridized carbons (Fsp3) is 0.542. The van der Waals surface area contributed by atoms with E-state index >= 15 is 0 Å². The molecule has 1 unspecified atom stereocenters. The van der Waals surface area contributed by atoms with E-state index in [1.165, 1.54) is 22.3 Å². The fourth-order valence-corrected chi connectivity index (χ4v) is 3.99. The molecule has 4 nitrogen and oxygen atoms in total. The van der Waals surface area contributed by atoms with Crippen molar-refractivity contribution >= 4 is 11.5 Å². The highest BCUT2D eigenvalue weighted by molar-refractivity contribution is 5.85. The second-order valence-corrected chi connectivity index (χ2v) is 8.70. The lowest BCUT2D eigenvalue weighted by Crippen LogP contribution is -2.27. The quantitative estimate of drug-likeness (QED) is 0.595. The molecule has 0 amide bonds. The van der Waals surface area contributed by atoms with Gasteiger partial charge in [-0.15, -0.1) is 0 Å². The normalized spacial score (nSPS) is 19.5. The van der Waals surface area contributed by atoms with Crippen LogP contribution in [0, 0.1) is 5.92 Å². The molecule has 2 aliphatic rings. The number of ether oxygens (including phenoxy) is 2. The van der Waals surface area contributed by atoms with Crippen molar-refractivity contribution < 1.29 is 19.4 Å². The van der Waals surface area contributed by atoms with Crippen LogP contribution in [0.3, 0.4) is 0 Å². The fourth-order valence-electron chi connectivity index (χ4n) is 3.99. The summed E-state index contributed by atoms with van der Waals surface area (Å²) in [5.74, 6) is -0.943. The van der Waals surface area contributed by atoms with Gasteiger partial charge in [-0.25, -0.2) is 0 Å².